The quantitative estimate of drug-likeness (QED) is 0.603. The van der Waals surface area contributed by atoms with Crippen LogP contribution in [0, 0.1) is 0 Å². The summed E-state index contributed by atoms with van der Waals surface area (Å²) in [4.78, 5) is 5.08. The molecule has 0 aliphatic carbocycles. The van der Waals surface area contributed by atoms with Crippen molar-refractivity contribution in [2.24, 2.45) is 4.99 Å². The van der Waals surface area contributed by atoms with Crippen LogP contribution in [0.3, 0.4) is 0 Å². The fourth-order valence-electron chi connectivity index (χ4n) is 4.32. The molecule has 1 saturated heterocycles. The number of amidine groups is 1. The largest absolute Gasteiger partial charge is 0.371 e. The molecule has 4 heteroatoms. The third-order valence-electron chi connectivity index (χ3n) is 5.92. The molecule has 0 aromatic heterocycles. The number of rotatable bonds is 3. The van der Waals surface area contributed by atoms with Crippen LogP contribution >= 0.6 is 0 Å². The lowest BCUT2D eigenvalue weighted by Gasteiger charge is -2.44. The highest BCUT2D eigenvalue weighted by atomic mass is 15.2. The molecule has 3 aromatic rings. The Hall–Kier alpha value is -3.11. The lowest BCUT2D eigenvalue weighted by atomic mass is 9.84. The molecule has 2 aliphatic rings. The maximum absolute atomic E-state index is 5.08. The zero-order valence-electron chi connectivity index (χ0n) is 16.5. The molecule has 4 nitrogen and oxygen atoms in total. The smallest absolute Gasteiger partial charge is 0.127 e. The van der Waals surface area contributed by atoms with Crippen molar-refractivity contribution in [1.82, 2.24) is 5.32 Å². The van der Waals surface area contributed by atoms with E-state index in [0.29, 0.717) is 6.54 Å². The van der Waals surface area contributed by atoms with Crippen LogP contribution in [0.4, 0.5) is 11.4 Å². The lowest BCUT2D eigenvalue weighted by molar-refractivity contribution is 0.419. The second-order valence-electron chi connectivity index (χ2n) is 7.86. The number of piperidine rings is 1. The van der Waals surface area contributed by atoms with Crippen LogP contribution in [0.15, 0.2) is 83.9 Å². The van der Waals surface area contributed by atoms with Crippen LogP contribution in [0.2, 0.25) is 0 Å². The minimum absolute atomic E-state index is 0.114. The number of nitrogens with one attached hydrogen (secondary N) is 3. The molecular weight excluding hydrogens is 356 g/mol. The number of para-hydroxylation sites is 2. The van der Waals surface area contributed by atoms with Gasteiger partial charge >= 0.3 is 0 Å². The number of hydrogen-bond donors (Lipinski definition) is 3. The molecule has 0 unspecified atom stereocenters. The number of aliphatic imine (C=N–C) groups is 1. The summed E-state index contributed by atoms with van der Waals surface area (Å²) in [5.74, 6) is 1.06. The van der Waals surface area contributed by atoms with Crippen LogP contribution in [0.1, 0.15) is 18.4 Å². The van der Waals surface area contributed by atoms with E-state index >= 15 is 0 Å². The van der Waals surface area contributed by atoms with Crippen molar-refractivity contribution < 1.29 is 0 Å². The monoisotopic (exact) mass is 382 g/mol. The predicted octanol–water partition coefficient (Wildman–Crippen LogP) is 4.91. The van der Waals surface area contributed by atoms with Gasteiger partial charge in [0.05, 0.1) is 23.5 Å². The first-order valence-electron chi connectivity index (χ1n) is 10.4. The van der Waals surface area contributed by atoms with Crippen molar-refractivity contribution in [2.45, 2.75) is 24.9 Å². The molecule has 0 bridgehead atoms. The van der Waals surface area contributed by atoms with Crippen molar-refractivity contribution in [3.8, 4) is 11.1 Å². The zero-order valence-corrected chi connectivity index (χ0v) is 16.5. The Bertz CT molecular complexity index is 1020. The molecule has 29 heavy (non-hydrogen) atoms. The molecule has 0 saturated carbocycles. The fourth-order valence-corrected chi connectivity index (χ4v) is 4.32. The van der Waals surface area contributed by atoms with Gasteiger partial charge in [-0.1, -0.05) is 60.7 Å². The van der Waals surface area contributed by atoms with E-state index < -0.39 is 0 Å². The summed E-state index contributed by atoms with van der Waals surface area (Å²) >= 11 is 0. The predicted molar refractivity (Wildman–Crippen MR) is 122 cm³/mol. The van der Waals surface area contributed by atoms with Gasteiger partial charge in [-0.2, -0.15) is 0 Å². The minimum atomic E-state index is -0.114. The first-order chi connectivity index (χ1) is 14.3. The molecular formula is C25H26N4. The number of hydrogen-bond acceptors (Lipinski definition) is 3. The second kappa shape index (κ2) is 7.72. The molecule has 1 spiro atoms. The third-order valence-corrected chi connectivity index (χ3v) is 5.92. The minimum Gasteiger partial charge on any atom is -0.371 e. The van der Waals surface area contributed by atoms with E-state index in [1.165, 1.54) is 22.4 Å². The summed E-state index contributed by atoms with van der Waals surface area (Å²) in [6, 6.07) is 27.6. The van der Waals surface area contributed by atoms with Gasteiger partial charge in [0.15, 0.2) is 0 Å². The second-order valence-corrected chi connectivity index (χ2v) is 7.86. The van der Waals surface area contributed by atoms with E-state index in [-0.39, 0.29) is 5.54 Å². The topological polar surface area (TPSA) is 48.5 Å². The van der Waals surface area contributed by atoms with Crippen molar-refractivity contribution >= 4 is 17.2 Å². The van der Waals surface area contributed by atoms with Gasteiger partial charge in [0.25, 0.3) is 0 Å². The van der Waals surface area contributed by atoms with Crippen LogP contribution < -0.4 is 16.0 Å². The van der Waals surface area contributed by atoms with Gasteiger partial charge < -0.3 is 16.0 Å². The van der Waals surface area contributed by atoms with Crippen molar-refractivity contribution in [3.05, 3.63) is 84.4 Å². The summed E-state index contributed by atoms with van der Waals surface area (Å²) in [6.45, 7) is 2.67. The summed E-state index contributed by atoms with van der Waals surface area (Å²) in [6.07, 6.45) is 2.05. The molecule has 1 fully saturated rings. The highest BCUT2D eigenvalue weighted by molar-refractivity contribution is 6.09. The molecule has 0 amide bonds. The van der Waals surface area contributed by atoms with Gasteiger partial charge in [-0.15, -0.1) is 0 Å². The maximum Gasteiger partial charge on any atom is 0.127 e. The number of benzene rings is 3. The Labute approximate surface area is 172 Å². The van der Waals surface area contributed by atoms with Crippen LogP contribution in [0.25, 0.3) is 11.1 Å². The van der Waals surface area contributed by atoms with Crippen LogP contribution in [-0.4, -0.2) is 24.5 Å². The average molecular weight is 383 g/mol. The normalized spacial score (nSPS) is 18.7. The van der Waals surface area contributed by atoms with Gasteiger partial charge in [-0.25, -0.2) is 0 Å². The molecule has 2 heterocycles. The highest BCUT2D eigenvalue weighted by Gasteiger charge is 2.40. The van der Waals surface area contributed by atoms with E-state index in [4.69, 9.17) is 4.99 Å². The summed E-state index contributed by atoms with van der Waals surface area (Å²) in [5, 5.41) is 10.9. The van der Waals surface area contributed by atoms with Crippen LogP contribution in [-0.2, 0) is 6.54 Å². The van der Waals surface area contributed by atoms with E-state index in [0.717, 1.165) is 37.5 Å². The number of fused-ring (bicyclic) bond motifs is 1. The molecule has 3 N–H and O–H groups in total. The molecule has 3 aromatic carbocycles. The van der Waals surface area contributed by atoms with E-state index in [9.17, 15) is 0 Å². The molecule has 2 aliphatic heterocycles. The van der Waals surface area contributed by atoms with Gasteiger partial charge in [0, 0.05) is 0 Å². The first-order valence-corrected chi connectivity index (χ1v) is 10.4. The van der Waals surface area contributed by atoms with Gasteiger partial charge in [-0.05, 0) is 60.8 Å². The Morgan fingerprint density at radius 3 is 2.31 bits per heavy atom. The summed E-state index contributed by atoms with van der Waals surface area (Å²) in [5.41, 5.74) is 5.86. The zero-order chi connectivity index (χ0) is 19.5. The third kappa shape index (κ3) is 3.64. The van der Waals surface area contributed by atoms with Gasteiger partial charge in [-0.3, -0.25) is 4.99 Å². The van der Waals surface area contributed by atoms with E-state index in [2.05, 4.69) is 94.8 Å². The Morgan fingerprint density at radius 2 is 1.48 bits per heavy atom. The fraction of sp³-hybridized carbons (Fsp3) is 0.240. The van der Waals surface area contributed by atoms with Crippen molar-refractivity contribution in [2.75, 3.05) is 23.7 Å². The Balaban J connectivity index is 1.44. The highest BCUT2D eigenvalue weighted by Crippen LogP contribution is 2.36. The molecule has 0 atom stereocenters. The lowest BCUT2D eigenvalue weighted by Crippen LogP contribution is -2.57. The van der Waals surface area contributed by atoms with Gasteiger partial charge in [0.1, 0.15) is 5.84 Å². The summed E-state index contributed by atoms with van der Waals surface area (Å²) in [7, 11) is 0. The van der Waals surface area contributed by atoms with Crippen LogP contribution in [0.5, 0.6) is 0 Å². The molecule has 0 radical (unpaired) electrons. The van der Waals surface area contributed by atoms with Gasteiger partial charge in [0.2, 0.25) is 0 Å². The Kier molecular flexibility index (Phi) is 4.78. The molecule has 5 rings (SSSR count). The Morgan fingerprint density at radius 1 is 0.759 bits per heavy atom. The van der Waals surface area contributed by atoms with E-state index in [1.54, 1.807) is 0 Å². The number of anilines is 2. The standard InChI is InChI=1S/C25H26N4/c1-2-8-20(9-3-1)21-10-6-7-19(17-21)18-27-24-25(13-15-26-16-14-25)29-23-12-5-4-11-22(23)28-24/h1-12,17,26,29H,13-16,18H2,(H,27,28). The van der Waals surface area contributed by atoms with Crippen molar-refractivity contribution in [3.63, 3.8) is 0 Å². The first kappa shape index (κ1) is 18.0. The van der Waals surface area contributed by atoms with Crippen molar-refractivity contribution in [1.29, 1.82) is 0 Å². The summed E-state index contributed by atoms with van der Waals surface area (Å²) < 4.78 is 0. The SMILES string of the molecule is c1ccc(-c2cccc(CN=C3Nc4ccccc4NC34CCNCC4)c2)cc1. The maximum atomic E-state index is 5.08. The average Bonchev–Trinajstić information content (AvgIpc) is 2.79. The van der Waals surface area contributed by atoms with E-state index in [1.807, 2.05) is 0 Å². The molecule has 146 valence electrons. The number of nitrogens with zero attached hydrogens (tertiary/aromatic N) is 1.